The lowest BCUT2D eigenvalue weighted by atomic mass is 10.2. The molecule has 32 heavy (non-hydrogen) atoms. The number of hydrogen-bond donors (Lipinski definition) is 1. The number of para-hydroxylation sites is 1. The van der Waals surface area contributed by atoms with E-state index < -0.39 is 34.1 Å². The quantitative estimate of drug-likeness (QED) is 0.417. The summed E-state index contributed by atoms with van der Waals surface area (Å²) in [6.07, 6.45) is 0. The minimum Gasteiger partial charge on any atom is -0.493 e. The third-order valence-corrected chi connectivity index (χ3v) is 6.21. The molecule has 168 valence electrons. The number of nitrogens with one attached hydrogen (secondary N) is 1. The lowest BCUT2D eigenvalue weighted by molar-refractivity contribution is -0.119. The molecular weight excluding hydrogens is 440 g/mol. The summed E-state index contributed by atoms with van der Waals surface area (Å²) in [6, 6.07) is 11.8. The first kappa shape index (κ1) is 23.0. The monoisotopic (exact) mass is 460 g/mol. The lowest BCUT2D eigenvalue weighted by Gasteiger charge is -2.12. The number of carbonyl (C=O) groups is 2. The molecule has 0 radical (unpaired) electrons. The zero-order chi connectivity index (χ0) is 23.5. The number of carbonyl (C=O) groups excluding carboxylic acids is 2. The van der Waals surface area contributed by atoms with E-state index in [0.29, 0.717) is 11.1 Å². The maximum atomic E-state index is 12.3. The molecule has 0 bridgehead atoms. The van der Waals surface area contributed by atoms with Crippen molar-refractivity contribution in [2.75, 3.05) is 33.1 Å². The Labute approximate surface area is 183 Å². The molecule has 0 saturated carbocycles. The van der Waals surface area contributed by atoms with E-state index in [-0.39, 0.29) is 21.7 Å². The molecule has 0 aliphatic rings. The van der Waals surface area contributed by atoms with E-state index in [0.717, 1.165) is 4.31 Å². The van der Waals surface area contributed by atoms with E-state index in [4.69, 9.17) is 13.9 Å². The minimum absolute atomic E-state index is 0.0125. The van der Waals surface area contributed by atoms with E-state index in [1.807, 2.05) is 0 Å². The summed E-state index contributed by atoms with van der Waals surface area (Å²) < 4.78 is 40.6. The molecule has 0 spiro atoms. The van der Waals surface area contributed by atoms with Gasteiger partial charge in [-0.05, 0) is 30.3 Å². The molecule has 3 rings (SSSR count). The SMILES string of the molecule is COc1cccc2cc(C(=O)OCC(=O)Nc3cccc(S(=O)(=O)N(C)C)c3)c(=O)oc12. The first-order valence-electron chi connectivity index (χ1n) is 9.24. The Morgan fingerprint density at radius 1 is 1.09 bits per heavy atom. The van der Waals surface area contributed by atoms with Crippen LogP contribution in [0.25, 0.3) is 11.0 Å². The Bertz CT molecular complexity index is 1350. The van der Waals surface area contributed by atoms with Gasteiger partial charge in [0.2, 0.25) is 10.0 Å². The number of rotatable bonds is 7. The Balaban J connectivity index is 1.70. The predicted octanol–water partition coefficient (Wildman–Crippen LogP) is 1.85. The zero-order valence-corrected chi connectivity index (χ0v) is 18.3. The first-order chi connectivity index (χ1) is 15.1. The van der Waals surface area contributed by atoms with Gasteiger partial charge in [-0.15, -0.1) is 0 Å². The van der Waals surface area contributed by atoms with Crippen LogP contribution < -0.4 is 15.7 Å². The molecule has 0 fully saturated rings. The maximum absolute atomic E-state index is 12.3. The predicted molar refractivity (Wildman–Crippen MR) is 115 cm³/mol. The number of hydrogen-bond acceptors (Lipinski definition) is 8. The second-order valence-corrected chi connectivity index (χ2v) is 8.92. The molecule has 1 aromatic heterocycles. The van der Waals surface area contributed by atoms with Crippen molar-refractivity contribution in [2.24, 2.45) is 0 Å². The fourth-order valence-electron chi connectivity index (χ4n) is 2.77. The van der Waals surface area contributed by atoms with E-state index >= 15 is 0 Å². The summed E-state index contributed by atoms with van der Waals surface area (Å²) in [5.41, 5.74) is -0.931. The van der Waals surface area contributed by atoms with Gasteiger partial charge >= 0.3 is 11.6 Å². The number of methoxy groups -OCH3 is 1. The van der Waals surface area contributed by atoms with Crippen molar-refractivity contribution >= 4 is 38.6 Å². The summed E-state index contributed by atoms with van der Waals surface area (Å²) >= 11 is 0. The van der Waals surface area contributed by atoms with E-state index in [2.05, 4.69) is 5.32 Å². The summed E-state index contributed by atoms with van der Waals surface area (Å²) in [7, 11) is 0.512. The van der Waals surface area contributed by atoms with Gasteiger partial charge in [0.05, 0.1) is 12.0 Å². The van der Waals surface area contributed by atoms with Crippen LogP contribution in [0, 0.1) is 0 Å². The molecule has 1 N–H and O–H groups in total. The van der Waals surface area contributed by atoms with E-state index in [9.17, 15) is 22.8 Å². The molecule has 0 atom stereocenters. The summed E-state index contributed by atoms with van der Waals surface area (Å²) in [6.45, 7) is -0.695. The molecule has 0 saturated heterocycles. The van der Waals surface area contributed by atoms with Gasteiger partial charge in [-0.25, -0.2) is 22.3 Å². The Hall–Kier alpha value is -3.70. The second kappa shape index (κ2) is 9.20. The first-order valence-corrected chi connectivity index (χ1v) is 10.7. The van der Waals surface area contributed by atoms with Gasteiger partial charge in [-0.3, -0.25) is 4.79 Å². The van der Waals surface area contributed by atoms with Crippen LogP contribution in [-0.4, -0.2) is 52.4 Å². The molecule has 1 heterocycles. The van der Waals surface area contributed by atoms with Crippen LogP contribution in [0.2, 0.25) is 0 Å². The van der Waals surface area contributed by atoms with Gasteiger partial charge in [-0.2, -0.15) is 0 Å². The lowest BCUT2D eigenvalue weighted by Crippen LogP contribution is -2.24. The third-order valence-electron chi connectivity index (χ3n) is 4.39. The third kappa shape index (κ3) is 4.79. The molecule has 0 aliphatic heterocycles. The standard InChI is InChI=1S/C21H20N2O8S/c1-23(2)32(27,28)15-8-5-7-14(11-15)22-18(24)12-30-20(25)16-10-13-6-4-9-17(29-3)19(13)31-21(16)26/h4-11H,12H2,1-3H3,(H,22,24). The van der Waals surface area contributed by atoms with Crippen molar-refractivity contribution < 1.29 is 31.9 Å². The molecule has 3 aromatic rings. The molecule has 0 aliphatic carbocycles. The number of nitrogens with zero attached hydrogens (tertiary/aromatic N) is 1. The van der Waals surface area contributed by atoms with E-state index in [1.165, 1.54) is 51.5 Å². The van der Waals surface area contributed by atoms with Gasteiger partial charge in [0.15, 0.2) is 17.9 Å². The highest BCUT2D eigenvalue weighted by atomic mass is 32.2. The highest BCUT2D eigenvalue weighted by Crippen LogP contribution is 2.24. The number of ether oxygens (including phenoxy) is 2. The van der Waals surface area contributed by atoms with Crippen LogP contribution >= 0.6 is 0 Å². The van der Waals surface area contributed by atoms with Crippen LogP contribution in [0.4, 0.5) is 5.69 Å². The highest BCUT2D eigenvalue weighted by molar-refractivity contribution is 7.89. The zero-order valence-electron chi connectivity index (χ0n) is 17.4. The van der Waals surface area contributed by atoms with Gasteiger partial charge in [-0.1, -0.05) is 18.2 Å². The number of benzene rings is 2. The van der Waals surface area contributed by atoms with Crippen LogP contribution in [0.1, 0.15) is 10.4 Å². The summed E-state index contributed by atoms with van der Waals surface area (Å²) in [5.74, 6) is -1.43. The Morgan fingerprint density at radius 2 is 1.81 bits per heavy atom. The van der Waals surface area contributed by atoms with Crippen molar-refractivity contribution in [3.8, 4) is 5.75 Å². The largest absolute Gasteiger partial charge is 0.493 e. The molecular formula is C21H20N2O8S. The van der Waals surface area contributed by atoms with Crippen LogP contribution in [0.15, 0.2) is 62.6 Å². The van der Waals surface area contributed by atoms with Gasteiger partial charge < -0.3 is 19.2 Å². The number of amides is 1. The minimum atomic E-state index is -3.68. The number of esters is 1. The molecule has 2 aromatic carbocycles. The fourth-order valence-corrected chi connectivity index (χ4v) is 3.72. The maximum Gasteiger partial charge on any atom is 0.351 e. The normalized spacial score (nSPS) is 11.4. The fraction of sp³-hybridized carbons (Fsp3) is 0.190. The van der Waals surface area contributed by atoms with Crippen LogP contribution in [0.5, 0.6) is 5.75 Å². The van der Waals surface area contributed by atoms with Crippen LogP contribution in [0.3, 0.4) is 0 Å². The number of anilines is 1. The van der Waals surface area contributed by atoms with Crippen molar-refractivity contribution in [2.45, 2.75) is 4.90 Å². The Kier molecular flexibility index (Phi) is 6.61. The smallest absolute Gasteiger partial charge is 0.351 e. The Morgan fingerprint density at radius 3 is 2.50 bits per heavy atom. The molecule has 1 amide bonds. The molecule has 10 nitrogen and oxygen atoms in total. The van der Waals surface area contributed by atoms with Crippen molar-refractivity contribution in [3.05, 3.63) is 64.5 Å². The van der Waals surface area contributed by atoms with Gasteiger partial charge in [0.1, 0.15) is 5.56 Å². The van der Waals surface area contributed by atoms with Crippen molar-refractivity contribution in [1.82, 2.24) is 4.31 Å². The molecule has 0 unspecified atom stereocenters. The van der Waals surface area contributed by atoms with Crippen molar-refractivity contribution in [3.63, 3.8) is 0 Å². The summed E-state index contributed by atoms with van der Waals surface area (Å²) in [5, 5.41) is 2.89. The summed E-state index contributed by atoms with van der Waals surface area (Å²) in [4.78, 5) is 36.6. The van der Waals surface area contributed by atoms with E-state index in [1.54, 1.807) is 18.2 Å². The van der Waals surface area contributed by atoms with Gasteiger partial charge in [0.25, 0.3) is 5.91 Å². The number of sulfonamides is 1. The average Bonchev–Trinajstić information content (AvgIpc) is 2.76. The second-order valence-electron chi connectivity index (χ2n) is 6.77. The van der Waals surface area contributed by atoms with Gasteiger partial charge in [0, 0.05) is 25.2 Å². The van der Waals surface area contributed by atoms with Crippen LogP contribution in [-0.2, 0) is 19.6 Å². The van der Waals surface area contributed by atoms with Crippen molar-refractivity contribution in [1.29, 1.82) is 0 Å². The average molecular weight is 460 g/mol. The topological polar surface area (TPSA) is 132 Å². The highest BCUT2D eigenvalue weighted by Gasteiger charge is 2.20. The molecule has 11 heteroatoms. The number of fused-ring (bicyclic) bond motifs is 1.